The highest BCUT2D eigenvalue weighted by molar-refractivity contribution is 7.90. The number of benzene rings is 1. The highest BCUT2D eigenvalue weighted by atomic mass is 32.2. The van der Waals surface area contributed by atoms with Gasteiger partial charge in [-0.3, -0.25) is 4.79 Å². The number of fused-ring (bicyclic) bond motifs is 1. The molecule has 0 saturated carbocycles. The Balaban J connectivity index is 1.61. The Morgan fingerprint density at radius 1 is 1.23 bits per heavy atom. The summed E-state index contributed by atoms with van der Waals surface area (Å²) in [6.45, 7) is 0.00292. The van der Waals surface area contributed by atoms with Crippen LogP contribution in [0, 0.1) is 0 Å². The molecule has 1 aromatic heterocycles. The largest absolute Gasteiger partial charge is 0.465 e. The zero-order chi connectivity index (χ0) is 21.3. The van der Waals surface area contributed by atoms with Gasteiger partial charge in [0.25, 0.3) is 5.56 Å². The lowest BCUT2D eigenvalue weighted by atomic mass is 10.1. The van der Waals surface area contributed by atoms with E-state index in [1.165, 1.54) is 36.2 Å². The van der Waals surface area contributed by atoms with Gasteiger partial charge in [-0.05, 0) is 12.1 Å². The fourth-order valence-corrected chi connectivity index (χ4v) is 4.09. The van der Waals surface area contributed by atoms with E-state index in [1.54, 1.807) is 18.2 Å². The lowest BCUT2D eigenvalue weighted by molar-refractivity contribution is 0.0600. The summed E-state index contributed by atoms with van der Waals surface area (Å²) in [5, 5.41) is 9.84. The molecular formula is C18H15N5O6S. The maximum atomic E-state index is 12.5. The molecular weight excluding hydrogens is 414 g/mol. The van der Waals surface area contributed by atoms with Crippen LogP contribution in [0.1, 0.15) is 22.1 Å². The Morgan fingerprint density at radius 3 is 2.73 bits per heavy atom. The van der Waals surface area contributed by atoms with Gasteiger partial charge in [-0.1, -0.05) is 23.4 Å². The summed E-state index contributed by atoms with van der Waals surface area (Å²) in [7, 11) is -2.41. The minimum Gasteiger partial charge on any atom is -0.465 e. The smallest absolute Gasteiger partial charge is 0.341 e. The third-order valence-corrected chi connectivity index (χ3v) is 5.90. The van der Waals surface area contributed by atoms with Crippen LogP contribution >= 0.6 is 0 Å². The van der Waals surface area contributed by atoms with Crippen LogP contribution in [-0.2, 0) is 26.9 Å². The molecule has 1 aromatic carbocycles. The molecule has 0 unspecified atom stereocenters. The van der Waals surface area contributed by atoms with Crippen LogP contribution in [0.3, 0.4) is 0 Å². The zero-order valence-corrected chi connectivity index (χ0v) is 16.4. The highest BCUT2D eigenvalue weighted by Gasteiger charge is 2.23. The van der Waals surface area contributed by atoms with Crippen molar-refractivity contribution in [2.24, 2.45) is 0 Å². The molecule has 0 fully saturated rings. The average molecular weight is 429 g/mol. The number of nitrogens with one attached hydrogen (secondary N) is 1. The van der Waals surface area contributed by atoms with Crippen molar-refractivity contribution in [3.05, 3.63) is 70.4 Å². The van der Waals surface area contributed by atoms with E-state index >= 15 is 0 Å². The molecule has 11 nitrogen and oxygen atoms in total. The number of hydrogen-bond donors (Lipinski definition) is 1. The predicted molar refractivity (Wildman–Crippen MR) is 102 cm³/mol. The fourth-order valence-electron chi connectivity index (χ4n) is 2.89. The Bertz CT molecular complexity index is 1340. The second-order valence-electron chi connectivity index (χ2n) is 6.33. The Labute approximate surface area is 169 Å². The van der Waals surface area contributed by atoms with Crippen molar-refractivity contribution in [2.75, 3.05) is 7.11 Å². The Morgan fingerprint density at radius 2 is 2.00 bits per heavy atom. The van der Waals surface area contributed by atoms with Crippen molar-refractivity contribution in [3.8, 4) is 11.3 Å². The zero-order valence-electron chi connectivity index (χ0n) is 15.6. The molecule has 2 aromatic rings. The summed E-state index contributed by atoms with van der Waals surface area (Å²) < 4.78 is 36.3. The number of rotatable bonds is 6. The molecule has 0 spiro atoms. The van der Waals surface area contributed by atoms with Gasteiger partial charge in [0.15, 0.2) is 15.7 Å². The first-order chi connectivity index (χ1) is 14.4. The summed E-state index contributed by atoms with van der Waals surface area (Å²) in [6, 6.07) is 7.94. The van der Waals surface area contributed by atoms with Crippen LogP contribution in [0.2, 0.25) is 0 Å². The number of H-pyrrole nitrogens is 1. The van der Waals surface area contributed by atoms with Gasteiger partial charge in [0.2, 0.25) is 5.89 Å². The summed E-state index contributed by atoms with van der Waals surface area (Å²) >= 11 is 0. The second kappa shape index (κ2) is 7.55. The van der Waals surface area contributed by atoms with Crippen LogP contribution in [0.25, 0.3) is 11.3 Å². The molecule has 1 N–H and O–H groups in total. The molecule has 3 heterocycles. The number of pyridine rings is 1. The van der Waals surface area contributed by atoms with E-state index in [9.17, 15) is 18.0 Å². The summed E-state index contributed by atoms with van der Waals surface area (Å²) in [5.74, 6) is -0.994. The summed E-state index contributed by atoms with van der Waals surface area (Å²) in [6.07, 6.45) is 2.90. The third kappa shape index (κ3) is 3.72. The minimum absolute atomic E-state index is 0.00292. The lowest BCUT2D eigenvalue weighted by Gasteiger charge is -2.09. The first kappa shape index (κ1) is 19.5. The molecule has 12 heteroatoms. The van der Waals surface area contributed by atoms with Crippen LogP contribution in [-0.4, -0.2) is 46.4 Å². The Kier molecular flexibility index (Phi) is 4.91. The van der Waals surface area contributed by atoms with E-state index < -0.39 is 27.1 Å². The van der Waals surface area contributed by atoms with E-state index in [4.69, 9.17) is 9.26 Å². The normalized spacial score (nSPS) is 11.6. The molecule has 4 rings (SSSR count). The van der Waals surface area contributed by atoms with Crippen LogP contribution < -0.4 is 5.56 Å². The number of nitrogens with zero attached hydrogens (tertiary/aromatic N) is 4. The van der Waals surface area contributed by atoms with Crippen molar-refractivity contribution < 1.29 is 22.5 Å². The lowest BCUT2D eigenvalue weighted by Crippen LogP contribution is -2.12. The highest BCUT2D eigenvalue weighted by Crippen LogP contribution is 2.21. The van der Waals surface area contributed by atoms with E-state index in [2.05, 4.69) is 20.3 Å². The average Bonchev–Trinajstić information content (AvgIpc) is 3.33. The predicted octanol–water partition coefficient (Wildman–Crippen LogP) is 0.868. The maximum Gasteiger partial charge on any atom is 0.341 e. The van der Waals surface area contributed by atoms with Gasteiger partial charge in [-0.2, -0.15) is 10.1 Å². The minimum atomic E-state index is -3.63. The molecule has 0 saturated heterocycles. The van der Waals surface area contributed by atoms with E-state index in [1.807, 2.05) is 0 Å². The monoisotopic (exact) mass is 429 g/mol. The van der Waals surface area contributed by atoms with Gasteiger partial charge in [0.1, 0.15) is 23.6 Å². The van der Waals surface area contributed by atoms with Gasteiger partial charge in [-0.25, -0.2) is 18.3 Å². The molecule has 0 amide bonds. The van der Waals surface area contributed by atoms with E-state index in [0.717, 1.165) is 0 Å². The first-order valence-corrected chi connectivity index (χ1v) is 10.3. The molecule has 30 heavy (non-hydrogen) atoms. The number of aromatic amines is 1. The van der Waals surface area contributed by atoms with Crippen molar-refractivity contribution in [3.63, 3.8) is 0 Å². The molecule has 2 aliphatic rings. The van der Waals surface area contributed by atoms with Gasteiger partial charge in [0, 0.05) is 12.4 Å². The van der Waals surface area contributed by atoms with Gasteiger partial charge >= 0.3 is 5.97 Å². The van der Waals surface area contributed by atoms with E-state index in [0.29, 0.717) is 0 Å². The van der Waals surface area contributed by atoms with E-state index in [-0.39, 0.29) is 40.0 Å². The maximum absolute atomic E-state index is 12.5. The number of ether oxygens (including phenoxy) is 1. The first-order valence-electron chi connectivity index (χ1n) is 8.63. The van der Waals surface area contributed by atoms with Crippen LogP contribution in [0.15, 0.2) is 56.9 Å². The summed E-state index contributed by atoms with van der Waals surface area (Å²) in [4.78, 5) is 28.2. The molecule has 0 radical (unpaired) electrons. The fraction of sp³-hybridized carbons (Fsp3) is 0.167. The topological polar surface area (TPSA) is 150 Å². The molecule has 0 aliphatic carbocycles. The number of sulfone groups is 1. The van der Waals surface area contributed by atoms with Gasteiger partial charge in [-0.15, -0.1) is 0 Å². The summed E-state index contributed by atoms with van der Waals surface area (Å²) in [5.41, 5.74) is -0.0167. The van der Waals surface area contributed by atoms with Crippen molar-refractivity contribution in [1.29, 1.82) is 0 Å². The molecule has 0 atom stereocenters. The second-order valence-corrected chi connectivity index (χ2v) is 8.32. The SMILES string of the molecule is COC(=O)c1cn(Cc2nc(CS(=O)(=O)c3ccccc3)no2)cc2c(=O)[nH]nc1-2. The molecule has 154 valence electrons. The van der Waals surface area contributed by atoms with Crippen molar-refractivity contribution >= 4 is 15.8 Å². The molecule has 0 bridgehead atoms. The third-order valence-electron chi connectivity index (χ3n) is 4.27. The van der Waals surface area contributed by atoms with Crippen LogP contribution in [0.4, 0.5) is 0 Å². The van der Waals surface area contributed by atoms with Gasteiger partial charge in [0.05, 0.1) is 17.6 Å². The quantitative estimate of drug-likeness (QED) is 0.440. The van der Waals surface area contributed by atoms with Gasteiger partial charge < -0.3 is 13.8 Å². The Hall–Kier alpha value is -3.80. The van der Waals surface area contributed by atoms with Crippen molar-refractivity contribution in [1.82, 2.24) is 24.9 Å². The van der Waals surface area contributed by atoms with Crippen molar-refractivity contribution in [2.45, 2.75) is 17.2 Å². The number of carbonyl (C=O) groups excluding carboxylic acids is 1. The number of hydrogen-bond acceptors (Lipinski definition) is 9. The number of carbonyl (C=O) groups is 1. The number of methoxy groups -OCH3 is 1. The molecule has 2 aliphatic heterocycles. The number of esters is 1. The number of aromatic nitrogens is 5. The van der Waals surface area contributed by atoms with Crippen LogP contribution in [0.5, 0.6) is 0 Å². The standard InChI is InChI=1S/C18H15N5O6S/c1-28-18(25)13-8-23(7-12-16(13)20-21-17(12)24)9-15-19-14(22-29-15)10-30(26,27)11-5-3-2-4-6-11/h2-8H,9-10H2,1H3,(H,21,24).